The molecule has 0 aliphatic carbocycles. The Hall–Kier alpha value is -11.3. The second kappa shape index (κ2) is 39.2. The summed E-state index contributed by atoms with van der Waals surface area (Å²) >= 11 is 12.5. The summed E-state index contributed by atoms with van der Waals surface area (Å²) in [6.45, 7) is 10.9. The van der Waals surface area contributed by atoms with Crippen molar-refractivity contribution in [2.24, 2.45) is 40.9 Å². The molecular weight excluding hydrogens is 1600 g/mol. The molecule has 19 rings (SSSR count). The number of anilines is 9. The summed E-state index contributed by atoms with van der Waals surface area (Å²) in [5.41, 5.74) is 12.3. The Kier molecular flexibility index (Phi) is 28.3. The molecule has 19 aromatic rings. The lowest BCUT2D eigenvalue weighted by Crippen LogP contribution is -2.31. The first-order valence-electron chi connectivity index (χ1n) is 35.5. The van der Waals surface area contributed by atoms with E-state index in [2.05, 4.69) is 115 Å². The van der Waals surface area contributed by atoms with Crippen LogP contribution in [0.15, 0.2) is 213 Å². The summed E-state index contributed by atoms with van der Waals surface area (Å²) in [4.78, 5) is 57.6. The van der Waals surface area contributed by atoms with Crippen molar-refractivity contribution in [3.63, 3.8) is 0 Å². The number of para-hydroxylation sites is 4. The third kappa shape index (κ3) is 21.6. The van der Waals surface area contributed by atoms with Crippen LogP contribution in [0.2, 0.25) is 0 Å². The van der Waals surface area contributed by atoms with Crippen LogP contribution in [0, 0.1) is 27.7 Å². The molecule has 0 aliphatic rings. The number of pyridine rings is 1. The number of aromatic nitrogens is 13. The molecule has 0 saturated heterocycles. The summed E-state index contributed by atoms with van der Waals surface area (Å²) in [5.74, 6) is 41.1. The van der Waals surface area contributed by atoms with E-state index in [-0.39, 0.29) is 6.61 Å². The van der Waals surface area contributed by atoms with Gasteiger partial charge in [-0.15, -0.1) is 11.3 Å². The van der Waals surface area contributed by atoms with Gasteiger partial charge in [0.15, 0.2) is 16.1 Å². The molecule has 0 atom stereocenters. The van der Waals surface area contributed by atoms with Crippen molar-refractivity contribution in [2.45, 2.75) is 47.6 Å². The molecule has 115 heavy (non-hydrogen) atoms. The highest BCUT2D eigenvalue weighted by atomic mass is 32.1. The van der Waals surface area contributed by atoms with Crippen molar-refractivity contribution in [1.29, 1.82) is 0 Å². The SMILES string of the molecule is CCCN(N)c1nc2ccccc2s1.CN(N)c1nc2c(ccc3ccccc32)s1.CN(N)c1nc2ccccc2s1.CN(N)c1nc2cccnc2s1.CN(N)c1nc2nccnc2s1.Cc1ccc(N(N)c2nc3ccccc3s2)cc1.Cc1nc(C)c2sc(C)nc2n1.NN(c1ccc(CO)cc1)c1nc2ccccc2s1. The van der Waals surface area contributed by atoms with E-state index in [1.54, 1.807) is 135 Å². The predicted octanol–water partition coefficient (Wildman–Crippen LogP) is 16.6. The quantitative estimate of drug-likeness (QED) is 0.0416. The van der Waals surface area contributed by atoms with E-state index in [0.717, 1.165) is 145 Å². The van der Waals surface area contributed by atoms with Crippen LogP contribution >= 0.6 is 90.7 Å². The molecule has 0 fully saturated rings. The number of thiazole rings is 8. The van der Waals surface area contributed by atoms with Crippen molar-refractivity contribution in [1.82, 2.24) is 64.8 Å². The summed E-state index contributed by atoms with van der Waals surface area (Å²) in [7, 11) is 7.09. The Morgan fingerprint density at radius 1 is 0.357 bits per heavy atom. The van der Waals surface area contributed by atoms with Gasteiger partial charge >= 0.3 is 0 Å². The molecule has 0 bridgehead atoms. The number of benzene rings is 8. The fourth-order valence-corrected chi connectivity index (χ4v) is 17.5. The number of fused-ring (bicyclic) bond motifs is 10. The van der Waals surface area contributed by atoms with E-state index in [9.17, 15) is 0 Å². The minimum Gasteiger partial charge on any atom is -0.392 e. The Morgan fingerprint density at radius 2 is 0.800 bits per heavy atom. The molecule has 11 aromatic heterocycles. The molecule has 11 heterocycles. The van der Waals surface area contributed by atoms with E-state index in [1.807, 2.05) is 178 Å². The van der Waals surface area contributed by atoms with E-state index in [0.29, 0.717) is 5.65 Å². The highest BCUT2D eigenvalue weighted by Gasteiger charge is 2.16. The van der Waals surface area contributed by atoms with Crippen molar-refractivity contribution < 1.29 is 5.11 Å². The van der Waals surface area contributed by atoms with Crippen LogP contribution in [0.5, 0.6) is 0 Å². The van der Waals surface area contributed by atoms with Gasteiger partial charge in [-0.25, -0.2) is 101 Å². The zero-order valence-corrected chi connectivity index (χ0v) is 70.6. The van der Waals surface area contributed by atoms with Crippen LogP contribution in [0.25, 0.3) is 93.0 Å². The van der Waals surface area contributed by atoms with E-state index in [4.69, 9.17) is 46.0 Å². The van der Waals surface area contributed by atoms with Crippen LogP contribution in [-0.4, -0.2) is 105 Å². The number of nitrogens with zero attached hydrogens (tertiary/aromatic N) is 20. The maximum atomic E-state index is 9.02. The maximum Gasteiger partial charge on any atom is 0.205 e. The van der Waals surface area contributed by atoms with Crippen molar-refractivity contribution in [3.8, 4) is 0 Å². The average molecular weight is 1680 g/mol. The van der Waals surface area contributed by atoms with Gasteiger partial charge in [0, 0.05) is 58.7 Å². The van der Waals surface area contributed by atoms with E-state index in [1.165, 1.54) is 68.1 Å². The fraction of sp³-hybridized carbons (Fsp3) is 0.152. The number of rotatable bonds is 12. The Morgan fingerprint density at radius 3 is 1.34 bits per heavy atom. The number of hydrogen-bond donors (Lipinski definition) is 8. The number of aliphatic hydroxyl groups is 1. The molecule has 0 unspecified atom stereocenters. The first-order valence-corrected chi connectivity index (χ1v) is 42.0. The zero-order chi connectivity index (χ0) is 81.2. The predicted molar refractivity (Wildman–Crippen MR) is 486 cm³/mol. The molecule has 0 saturated carbocycles. The van der Waals surface area contributed by atoms with Gasteiger partial charge < -0.3 is 5.11 Å². The van der Waals surface area contributed by atoms with Crippen LogP contribution in [0.1, 0.15) is 41.0 Å². The Balaban J connectivity index is 0.000000122. The third-order valence-corrected chi connectivity index (χ3v) is 24.8. The van der Waals surface area contributed by atoms with Gasteiger partial charge in [-0.3, -0.25) is 35.1 Å². The third-order valence-electron chi connectivity index (χ3n) is 16.3. The Labute approximate surface area is 694 Å². The van der Waals surface area contributed by atoms with Crippen LogP contribution in [0.4, 0.5) is 47.3 Å². The molecular formula is C79H83N27OS8. The summed E-state index contributed by atoms with van der Waals surface area (Å²) in [5, 5.41) is 29.0. The molecule has 8 aromatic carbocycles. The van der Waals surface area contributed by atoms with Gasteiger partial charge in [0.1, 0.15) is 16.2 Å². The standard InChI is InChI=1S/C14H13N3OS.C14H13N3S.C12H11N3S.C10H13N3S.2C8H9N3S.C7H8N4S.C6H7N5S/c15-17(11-7-5-10(9-18)6-8-11)14-16-12-3-1-2-4-13(12)19-14;1-10-6-8-11(9-7-10)17(15)14-16-12-4-2-3-5-13(12)18-14;1-15(13)12-14-11-9-5-3-2-4-8(9)6-7-10(11)16-12;1-2-7-13(11)10-12-8-5-3-4-6-9(8)14-10;1-4-7-8(10-5(2)9-4)11-6(3)12-7;1-11(9)8-10-6-4-2-3-5-7(6)12-8;1-11(8)7-10-5-3-2-4-9-6(5)12-7;1-11(7)6-10-4-5(12-6)9-3-2-8-4/h1-8,18H,9,15H2;2-9H,15H2,1H3;2-7H,13H2,1H3;3-6H,2,7,11H2,1H3;1-3H3;2-5H,9H2,1H3;2-4H,8H2,1H3;2-3H,7H2,1H3. The fourth-order valence-electron chi connectivity index (χ4n) is 10.7. The van der Waals surface area contributed by atoms with Crippen LogP contribution in [-0.2, 0) is 6.61 Å². The highest BCUT2D eigenvalue weighted by Crippen LogP contribution is 2.36. The molecule has 15 N–H and O–H groups in total. The number of hydrazine groups is 7. The summed E-state index contributed by atoms with van der Waals surface area (Å²) < 4.78 is 6.90. The normalized spacial score (nSPS) is 10.8. The largest absolute Gasteiger partial charge is 0.392 e. The van der Waals surface area contributed by atoms with Gasteiger partial charge in [0.25, 0.3) is 0 Å². The van der Waals surface area contributed by atoms with E-state index >= 15 is 0 Å². The molecule has 0 amide bonds. The van der Waals surface area contributed by atoms with Gasteiger partial charge in [-0.05, 0) is 136 Å². The first-order chi connectivity index (χ1) is 55.6. The zero-order valence-electron chi connectivity index (χ0n) is 64.0. The molecule has 588 valence electrons. The van der Waals surface area contributed by atoms with Gasteiger partial charge in [-0.1, -0.05) is 195 Å². The number of hydrogen-bond acceptors (Lipinski definition) is 36. The van der Waals surface area contributed by atoms with Crippen LogP contribution < -0.4 is 76.0 Å². The molecule has 0 spiro atoms. The van der Waals surface area contributed by atoms with Gasteiger partial charge in [-0.2, -0.15) is 4.98 Å². The monoisotopic (exact) mass is 1680 g/mol. The van der Waals surface area contributed by atoms with E-state index < -0.39 is 0 Å². The topological polar surface area (TPSA) is 393 Å². The lowest BCUT2D eigenvalue weighted by molar-refractivity contribution is 0.282. The maximum absolute atomic E-state index is 9.02. The lowest BCUT2D eigenvalue weighted by atomic mass is 10.1. The second-order valence-corrected chi connectivity index (χ2v) is 33.4. The molecule has 36 heteroatoms. The summed E-state index contributed by atoms with van der Waals surface area (Å²) in [6, 6.07) is 63.9. The van der Waals surface area contributed by atoms with Gasteiger partial charge in [0.2, 0.25) is 35.9 Å². The smallest absolute Gasteiger partial charge is 0.205 e. The van der Waals surface area contributed by atoms with Gasteiger partial charge in [0.05, 0.1) is 84.5 Å². The summed E-state index contributed by atoms with van der Waals surface area (Å²) in [6.07, 6.45) is 6.04. The number of nitrogens with two attached hydrogens (primary N) is 7. The number of aryl methyl sites for hydroxylation is 4. The molecule has 0 radical (unpaired) electrons. The van der Waals surface area contributed by atoms with Crippen LogP contribution in [0.3, 0.4) is 0 Å². The lowest BCUT2D eigenvalue weighted by Gasteiger charge is -2.15. The van der Waals surface area contributed by atoms with Crippen molar-refractivity contribution >= 4 is 231 Å². The van der Waals surface area contributed by atoms with Crippen molar-refractivity contribution in [3.05, 3.63) is 240 Å². The highest BCUT2D eigenvalue weighted by molar-refractivity contribution is 7.24. The molecule has 0 aliphatic heterocycles. The second-order valence-electron chi connectivity index (χ2n) is 25.3. The molecule has 28 nitrogen and oxygen atoms in total. The number of aliphatic hydroxyl groups excluding tert-OH is 1. The minimum atomic E-state index is 0.0337. The average Bonchev–Trinajstić information content (AvgIpc) is 1.66. The minimum absolute atomic E-state index is 0.0337. The Bertz CT molecular complexity index is 5950. The van der Waals surface area contributed by atoms with Crippen molar-refractivity contribution in [2.75, 3.05) is 69.8 Å². The first kappa shape index (κ1) is 83.2.